The average Bonchev–Trinajstić information content (AvgIpc) is 3.31. The van der Waals surface area contributed by atoms with Crippen molar-refractivity contribution < 1.29 is 4.79 Å². The van der Waals surface area contributed by atoms with E-state index >= 15 is 0 Å². The van der Waals surface area contributed by atoms with Gasteiger partial charge in [-0.15, -0.1) is 0 Å². The summed E-state index contributed by atoms with van der Waals surface area (Å²) in [7, 11) is 2.06. The average molecular weight is 298 g/mol. The van der Waals surface area contributed by atoms with E-state index in [1.807, 2.05) is 6.08 Å². The molecule has 1 aromatic carbocycles. The van der Waals surface area contributed by atoms with Gasteiger partial charge in [-0.1, -0.05) is 39.0 Å². The first-order valence-corrected chi connectivity index (χ1v) is 8.27. The summed E-state index contributed by atoms with van der Waals surface area (Å²) in [6.07, 6.45) is 4.36. The van der Waals surface area contributed by atoms with E-state index < -0.39 is 0 Å². The Morgan fingerprint density at radius 2 is 2.05 bits per heavy atom. The first-order chi connectivity index (χ1) is 10.4. The fraction of sp³-hybridized carbons (Fsp3) is 0.526. The smallest absolute Gasteiger partial charge is 0.171 e. The van der Waals surface area contributed by atoms with Gasteiger partial charge >= 0.3 is 0 Å². The zero-order valence-electron chi connectivity index (χ0n) is 14.1. The molecule has 1 saturated carbocycles. The molecule has 1 aliphatic heterocycles. The maximum Gasteiger partial charge on any atom is 0.171 e. The molecule has 2 aliphatic rings. The van der Waals surface area contributed by atoms with Gasteiger partial charge < -0.3 is 4.90 Å². The Morgan fingerprint density at radius 3 is 2.64 bits per heavy atom. The molecule has 1 aliphatic carbocycles. The third kappa shape index (κ3) is 2.58. The number of rotatable bonds is 5. The van der Waals surface area contributed by atoms with Gasteiger partial charge in [0.05, 0.1) is 6.54 Å². The molecule has 1 heterocycles. The van der Waals surface area contributed by atoms with Crippen LogP contribution in [0.1, 0.15) is 39.2 Å². The van der Waals surface area contributed by atoms with E-state index in [-0.39, 0.29) is 11.2 Å². The van der Waals surface area contributed by atoms with Crippen molar-refractivity contribution >= 4 is 11.5 Å². The Bertz CT molecular complexity index is 614. The van der Waals surface area contributed by atoms with Gasteiger partial charge in [-0.2, -0.15) is 0 Å². The number of fused-ring (bicyclic) bond motifs is 1. The normalized spacial score (nSPS) is 21.5. The van der Waals surface area contributed by atoms with E-state index in [0.717, 1.165) is 12.2 Å². The zero-order chi connectivity index (χ0) is 15.9. The van der Waals surface area contributed by atoms with Crippen LogP contribution in [0.5, 0.6) is 0 Å². The topological polar surface area (TPSA) is 23.6 Å². The van der Waals surface area contributed by atoms with Gasteiger partial charge in [0.25, 0.3) is 0 Å². The molecule has 3 nitrogen and oxygen atoms in total. The lowest BCUT2D eigenvalue weighted by molar-refractivity contribution is -0.115. The fourth-order valence-electron chi connectivity index (χ4n) is 3.60. The van der Waals surface area contributed by atoms with E-state index in [1.165, 1.54) is 24.1 Å². The van der Waals surface area contributed by atoms with Crippen molar-refractivity contribution in [2.45, 2.75) is 45.1 Å². The van der Waals surface area contributed by atoms with Gasteiger partial charge in [0, 0.05) is 36.0 Å². The quantitative estimate of drug-likeness (QED) is 0.779. The highest BCUT2D eigenvalue weighted by molar-refractivity contribution is 5.94. The minimum atomic E-state index is -0.113. The maximum absolute atomic E-state index is 12.5. The molecule has 0 radical (unpaired) electrons. The van der Waals surface area contributed by atoms with E-state index in [0.29, 0.717) is 12.6 Å². The summed E-state index contributed by atoms with van der Waals surface area (Å²) in [5, 5.41) is 0. The molecule has 0 amide bonds. The van der Waals surface area contributed by atoms with Crippen LogP contribution in [-0.4, -0.2) is 36.9 Å². The Labute approximate surface area is 133 Å². The number of ketones is 1. The van der Waals surface area contributed by atoms with Crippen LogP contribution >= 0.6 is 0 Å². The molecule has 0 atom stereocenters. The molecule has 3 heteroatoms. The Balaban J connectivity index is 1.83. The highest BCUT2D eigenvalue weighted by atomic mass is 16.1. The summed E-state index contributed by atoms with van der Waals surface area (Å²) >= 11 is 0. The summed E-state index contributed by atoms with van der Waals surface area (Å²) in [4.78, 5) is 17.0. The maximum atomic E-state index is 12.5. The van der Waals surface area contributed by atoms with Crippen LogP contribution < -0.4 is 4.90 Å². The monoisotopic (exact) mass is 298 g/mol. The molecule has 0 saturated heterocycles. The number of hydrogen-bond donors (Lipinski definition) is 0. The molecular formula is C19H26N2O. The summed E-state index contributed by atoms with van der Waals surface area (Å²) in [6, 6.07) is 9.07. The van der Waals surface area contributed by atoms with Crippen LogP contribution in [0.3, 0.4) is 0 Å². The van der Waals surface area contributed by atoms with Crippen LogP contribution in [-0.2, 0) is 10.2 Å². The molecule has 1 fully saturated rings. The number of hydrogen-bond acceptors (Lipinski definition) is 3. The molecule has 1 aromatic rings. The number of carbonyl (C=O) groups is 1. The summed E-state index contributed by atoms with van der Waals surface area (Å²) < 4.78 is 0. The van der Waals surface area contributed by atoms with Crippen LogP contribution in [0.4, 0.5) is 5.69 Å². The zero-order valence-corrected chi connectivity index (χ0v) is 14.1. The second-order valence-electron chi connectivity index (χ2n) is 6.99. The first kappa shape index (κ1) is 15.3. The van der Waals surface area contributed by atoms with Crippen molar-refractivity contribution in [3.63, 3.8) is 0 Å². The minimum absolute atomic E-state index is 0.113. The van der Waals surface area contributed by atoms with E-state index in [2.05, 4.69) is 61.9 Å². The van der Waals surface area contributed by atoms with Gasteiger partial charge in [0.15, 0.2) is 5.78 Å². The molecule has 0 N–H and O–H groups in total. The third-order valence-electron chi connectivity index (χ3n) is 5.07. The number of carbonyl (C=O) groups excluding carboxylic acids is 1. The summed E-state index contributed by atoms with van der Waals surface area (Å²) in [5.74, 6) is 0.219. The Morgan fingerprint density at radius 1 is 1.36 bits per heavy atom. The number of nitrogens with zero attached hydrogens (tertiary/aromatic N) is 2. The largest absolute Gasteiger partial charge is 0.347 e. The lowest BCUT2D eigenvalue weighted by atomic mass is 9.83. The van der Waals surface area contributed by atoms with Crippen molar-refractivity contribution in [1.82, 2.24) is 4.90 Å². The number of allylic oxidation sites excluding steroid dienone is 1. The van der Waals surface area contributed by atoms with Crippen molar-refractivity contribution in [3.05, 3.63) is 41.6 Å². The lowest BCUT2D eigenvalue weighted by Crippen LogP contribution is -2.32. The van der Waals surface area contributed by atoms with Crippen molar-refractivity contribution in [3.8, 4) is 0 Å². The lowest BCUT2D eigenvalue weighted by Gasteiger charge is -2.24. The number of para-hydroxylation sites is 1. The Hall–Kier alpha value is -1.61. The second-order valence-corrected chi connectivity index (χ2v) is 6.99. The predicted molar refractivity (Wildman–Crippen MR) is 91.2 cm³/mol. The first-order valence-electron chi connectivity index (χ1n) is 8.27. The second kappa shape index (κ2) is 5.54. The molecule has 3 rings (SSSR count). The molecule has 0 spiro atoms. The molecule has 118 valence electrons. The van der Waals surface area contributed by atoms with Crippen molar-refractivity contribution in [2.75, 3.05) is 25.0 Å². The molecule has 0 aromatic heterocycles. The molecular weight excluding hydrogens is 272 g/mol. The van der Waals surface area contributed by atoms with Crippen molar-refractivity contribution in [1.29, 1.82) is 0 Å². The van der Waals surface area contributed by atoms with Crippen LogP contribution in [0, 0.1) is 0 Å². The molecule has 0 unspecified atom stereocenters. The Kier molecular flexibility index (Phi) is 3.85. The summed E-state index contributed by atoms with van der Waals surface area (Å²) in [5.41, 5.74) is 3.50. The highest BCUT2D eigenvalue weighted by Crippen LogP contribution is 2.46. The van der Waals surface area contributed by atoms with Gasteiger partial charge in [-0.25, -0.2) is 0 Å². The van der Waals surface area contributed by atoms with Crippen molar-refractivity contribution in [2.24, 2.45) is 0 Å². The van der Waals surface area contributed by atoms with Crippen LogP contribution in [0.15, 0.2) is 36.0 Å². The van der Waals surface area contributed by atoms with Gasteiger partial charge in [-0.3, -0.25) is 9.69 Å². The highest BCUT2D eigenvalue weighted by Gasteiger charge is 2.38. The van der Waals surface area contributed by atoms with E-state index in [4.69, 9.17) is 0 Å². The van der Waals surface area contributed by atoms with Crippen LogP contribution in [0.25, 0.3) is 0 Å². The van der Waals surface area contributed by atoms with Gasteiger partial charge in [-0.05, 0) is 31.0 Å². The third-order valence-corrected chi connectivity index (χ3v) is 5.07. The van der Waals surface area contributed by atoms with Gasteiger partial charge in [0.2, 0.25) is 0 Å². The molecule has 22 heavy (non-hydrogen) atoms. The predicted octanol–water partition coefficient (Wildman–Crippen LogP) is 3.35. The number of likely N-dealkylation sites (N-methyl/N-ethyl adjacent to an activating group) is 2. The summed E-state index contributed by atoms with van der Waals surface area (Å²) in [6.45, 7) is 8.05. The number of anilines is 1. The van der Waals surface area contributed by atoms with Crippen LogP contribution in [0.2, 0.25) is 0 Å². The number of benzene rings is 1. The van der Waals surface area contributed by atoms with Gasteiger partial charge in [0.1, 0.15) is 0 Å². The standard InChI is InChI=1S/C19H26N2O/c1-5-21(14-10-11-14)13-15(22)12-18-19(2,3)16-8-6-7-9-17(16)20(18)4/h6-9,12,14H,5,10-11,13H2,1-4H3. The SMILES string of the molecule is CCN(CC(=O)C=C1N(C)c2ccccc2C1(C)C)C1CC1. The minimum Gasteiger partial charge on any atom is -0.347 e. The van der Waals surface area contributed by atoms with E-state index in [9.17, 15) is 4.79 Å². The fourth-order valence-corrected chi connectivity index (χ4v) is 3.60. The van der Waals surface area contributed by atoms with E-state index in [1.54, 1.807) is 0 Å². The molecule has 0 bridgehead atoms.